The monoisotopic (exact) mass is 407 g/mol. The van der Waals surface area contributed by atoms with Gasteiger partial charge in [0.1, 0.15) is 5.75 Å². The number of anilines is 1. The smallest absolute Gasteiger partial charge is 0.281 e. The van der Waals surface area contributed by atoms with Crippen LogP contribution in [0.25, 0.3) is 0 Å². The second-order valence-electron chi connectivity index (χ2n) is 6.31. The highest BCUT2D eigenvalue weighted by atomic mass is 32.1. The average molecular weight is 407 g/mol. The van der Waals surface area contributed by atoms with Crippen molar-refractivity contribution in [3.05, 3.63) is 81.5 Å². The summed E-state index contributed by atoms with van der Waals surface area (Å²) in [5, 5.41) is 7.04. The molecule has 7 heteroatoms. The average Bonchev–Trinajstić information content (AvgIpc) is 3.18. The van der Waals surface area contributed by atoms with Crippen molar-refractivity contribution in [2.45, 2.75) is 13.8 Å². The molecule has 2 amide bonds. The van der Waals surface area contributed by atoms with Gasteiger partial charge in [0, 0.05) is 16.1 Å². The molecule has 0 bridgehead atoms. The number of hydrogen-bond donors (Lipinski definition) is 2. The lowest BCUT2D eigenvalue weighted by Crippen LogP contribution is -2.18. The Bertz CT molecular complexity index is 1060. The van der Waals surface area contributed by atoms with Crippen molar-refractivity contribution in [1.82, 2.24) is 5.43 Å². The van der Waals surface area contributed by atoms with Crippen molar-refractivity contribution in [3.63, 3.8) is 0 Å². The van der Waals surface area contributed by atoms with Crippen LogP contribution in [0.4, 0.5) is 5.69 Å². The normalized spacial score (nSPS) is 11.1. The molecule has 0 saturated carbocycles. The molecule has 0 aliphatic rings. The first-order valence-electron chi connectivity index (χ1n) is 8.93. The predicted molar refractivity (Wildman–Crippen MR) is 116 cm³/mol. The number of carbonyl (C=O) groups excluding carboxylic acids is 2. The number of benzene rings is 2. The molecule has 0 radical (unpaired) electrons. The number of nitrogens with one attached hydrogen (secondary N) is 2. The summed E-state index contributed by atoms with van der Waals surface area (Å²) in [6.45, 7) is 3.74. The van der Waals surface area contributed by atoms with E-state index < -0.39 is 0 Å². The first-order chi connectivity index (χ1) is 14.0. The van der Waals surface area contributed by atoms with E-state index in [0.29, 0.717) is 27.6 Å². The number of rotatable bonds is 6. The third-order valence-corrected chi connectivity index (χ3v) is 5.18. The molecule has 148 valence electrons. The van der Waals surface area contributed by atoms with E-state index in [4.69, 9.17) is 4.74 Å². The van der Waals surface area contributed by atoms with Crippen LogP contribution < -0.4 is 15.5 Å². The first-order valence-corrected chi connectivity index (χ1v) is 9.75. The fourth-order valence-electron chi connectivity index (χ4n) is 2.58. The van der Waals surface area contributed by atoms with Crippen molar-refractivity contribution in [2.75, 3.05) is 12.4 Å². The van der Waals surface area contributed by atoms with Crippen LogP contribution >= 0.6 is 11.3 Å². The maximum Gasteiger partial charge on any atom is 0.281 e. The number of aryl methyl sites for hydroxylation is 1. The zero-order valence-corrected chi connectivity index (χ0v) is 17.2. The van der Waals surface area contributed by atoms with Gasteiger partial charge in [-0.1, -0.05) is 12.1 Å². The number of thiophene rings is 1. The maximum absolute atomic E-state index is 12.4. The topological polar surface area (TPSA) is 79.8 Å². The van der Waals surface area contributed by atoms with E-state index in [9.17, 15) is 9.59 Å². The van der Waals surface area contributed by atoms with Gasteiger partial charge >= 0.3 is 0 Å². The van der Waals surface area contributed by atoms with Gasteiger partial charge in [0.25, 0.3) is 11.8 Å². The maximum atomic E-state index is 12.4. The zero-order chi connectivity index (χ0) is 20.8. The van der Waals surface area contributed by atoms with Gasteiger partial charge in [0.15, 0.2) is 0 Å². The minimum Gasteiger partial charge on any atom is -0.497 e. The molecule has 3 aromatic rings. The van der Waals surface area contributed by atoms with Crippen molar-refractivity contribution in [2.24, 2.45) is 5.10 Å². The molecule has 3 rings (SSSR count). The van der Waals surface area contributed by atoms with Gasteiger partial charge < -0.3 is 10.1 Å². The number of nitrogens with zero attached hydrogens (tertiary/aromatic N) is 1. The molecule has 0 fully saturated rings. The Hall–Kier alpha value is -3.45. The van der Waals surface area contributed by atoms with Gasteiger partial charge in [-0.25, -0.2) is 5.43 Å². The van der Waals surface area contributed by atoms with Crippen molar-refractivity contribution in [3.8, 4) is 5.75 Å². The third-order valence-electron chi connectivity index (χ3n) is 4.18. The highest BCUT2D eigenvalue weighted by Crippen LogP contribution is 2.16. The Labute approximate surface area is 173 Å². The van der Waals surface area contributed by atoms with Gasteiger partial charge in [0.05, 0.1) is 17.7 Å². The van der Waals surface area contributed by atoms with Crippen molar-refractivity contribution < 1.29 is 14.3 Å². The van der Waals surface area contributed by atoms with E-state index >= 15 is 0 Å². The Kier molecular flexibility index (Phi) is 6.41. The van der Waals surface area contributed by atoms with Crippen LogP contribution in [0, 0.1) is 6.92 Å². The minimum atomic E-state index is -0.244. The van der Waals surface area contributed by atoms with Crippen LogP contribution in [0.5, 0.6) is 5.75 Å². The van der Waals surface area contributed by atoms with E-state index in [1.54, 1.807) is 50.4 Å². The van der Waals surface area contributed by atoms with Gasteiger partial charge in [-0.05, 0) is 67.9 Å². The number of hydrogen-bond acceptors (Lipinski definition) is 5. The van der Waals surface area contributed by atoms with Gasteiger partial charge in [-0.15, -0.1) is 11.3 Å². The molecule has 0 spiro atoms. The molecule has 0 unspecified atom stereocenters. The lowest BCUT2D eigenvalue weighted by atomic mass is 10.1. The number of carbonyl (C=O) groups is 2. The van der Waals surface area contributed by atoms with Crippen molar-refractivity contribution >= 4 is 34.6 Å². The summed E-state index contributed by atoms with van der Waals surface area (Å²) in [7, 11) is 1.58. The molecular formula is C22H21N3O3S. The largest absolute Gasteiger partial charge is 0.497 e. The van der Waals surface area contributed by atoms with Crippen LogP contribution in [-0.2, 0) is 0 Å². The standard InChI is InChI=1S/C22H21N3O3S/c1-14-7-12-20(29-14)22(27)25-24-15(2)17-5-4-6-18(13-17)23-21(26)16-8-10-19(28-3)11-9-16/h4-13H,1-3H3,(H,23,26)(H,25,27). The summed E-state index contributed by atoms with van der Waals surface area (Å²) >= 11 is 1.42. The van der Waals surface area contributed by atoms with Crippen LogP contribution in [0.3, 0.4) is 0 Å². The highest BCUT2D eigenvalue weighted by molar-refractivity contribution is 7.13. The summed E-state index contributed by atoms with van der Waals surface area (Å²) in [5.41, 5.74) is 5.16. The molecule has 1 heterocycles. The molecule has 0 aliphatic heterocycles. The summed E-state index contributed by atoms with van der Waals surface area (Å²) in [6, 6.07) is 17.8. The van der Waals surface area contributed by atoms with Crippen molar-refractivity contribution in [1.29, 1.82) is 0 Å². The van der Waals surface area contributed by atoms with Crippen LogP contribution in [-0.4, -0.2) is 24.6 Å². The van der Waals surface area contributed by atoms with Crippen LogP contribution in [0.15, 0.2) is 65.8 Å². The van der Waals surface area contributed by atoms with Crippen LogP contribution in [0.1, 0.15) is 37.4 Å². The fourth-order valence-corrected chi connectivity index (χ4v) is 3.34. The van der Waals surface area contributed by atoms with E-state index in [1.165, 1.54) is 11.3 Å². The molecule has 0 atom stereocenters. The Balaban J connectivity index is 1.67. The molecule has 29 heavy (non-hydrogen) atoms. The lowest BCUT2D eigenvalue weighted by Gasteiger charge is -2.08. The predicted octanol–water partition coefficient (Wildman–Crippen LogP) is 4.47. The van der Waals surface area contributed by atoms with E-state index in [0.717, 1.165) is 10.4 Å². The number of methoxy groups -OCH3 is 1. The molecule has 6 nitrogen and oxygen atoms in total. The minimum absolute atomic E-state index is 0.222. The number of hydrazone groups is 1. The van der Waals surface area contributed by atoms with Gasteiger partial charge in [0.2, 0.25) is 0 Å². The summed E-state index contributed by atoms with van der Waals surface area (Å²) in [6.07, 6.45) is 0. The lowest BCUT2D eigenvalue weighted by molar-refractivity contribution is 0.0958. The Morgan fingerprint density at radius 2 is 1.72 bits per heavy atom. The molecule has 0 saturated heterocycles. The quantitative estimate of drug-likeness (QED) is 0.467. The van der Waals surface area contributed by atoms with E-state index in [-0.39, 0.29) is 11.8 Å². The second kappa shape index (κ2) is 9.16. The van der Waals surface area contributed by atoms with Crippen LogP contribution in [0.2, 0.25) is 0 Å². The highest BCUT2D eigenvalue weighted by Gasteiger charge is 2.09. The van der Waals surface area contributed by atoms with Gasteiger partial charge in [-0.2, -0.15) is 5.10 Å². The molecule has 0 aliphatic carbocycles. The fraction of sp³-hybridized carbons (Fsp3) is 0.136. The molecule has 2 aromatic carbocycles. The second-order valence-corrected chi connectivity index (χ2v) is 7.60. The zero-order valence-electron chi connectivity index (χ0n) is 16.4. The summed E-state index contributed by atoms with van der Waals surface area (Å²) < 4.78 is 5.10. The van der Waals surface area contributed by atoms with E-state index in [1.807, 2.05) is 31.2 Å². The number of ether oxygens (including phenoxy) is 1. The first kappa shape index (κ1) is 20.3. The SMILES string of the molecule is COc1ccc(C(=O)Nc2cccc(C(C)=NNC(=O)c3ccc(C)s3)c2)cc1. The molecule has 2 N–H and O–H groups in total. The third kappa shape index (κ3) is 5.30. The summed E-state index contributed by atoms with van der Waals surface area (Å²) in [4.78, 5) is 26.2. The van der Waals surface area contributed by atoms with E-state index in [2.05, 4.69) is 15.8 Å². The molecule has 1 aromatic heterocycles. The van der Waals surface area contributed by atoms with Gasteiger partial charge in [-0.3, -0.25) is 9.59 Å². The Morgan fingerprint density at radius 3 is 2.38 bits per heavy atom. The Morgan fingerprint density at radius 1 is 0.966 bits per heavy atom. The number of amides is 2. The molecular weight excluding hydrogens is 386 g/mol. The summed E-state index contributed by atoms with van der Waals surface area (Å²) in [5.74, 6) is 0.224.